The van der Waals surface area contributed by atoms with Gasteiger partial charge in [-0.2, -0.15) is 0 Å². The Labute approximate surface area is 60.9 Å². The molecule has 1 aliphatic carbocycles. The van der Waals surface area contributed by atoms with Crippen molar-refractivity contribution in [1.29, 1.82) is 0 Å². The molecule has 0 N–H and O–H groups in total. The summed E-state index contributed by atoms with van der Waals surface area (Å²) < 4.78 is 4.48. The Kier molecular flexibility index (Phi) is 2.10. The SMILES string of the molecule is COC(=O)/C=C(\C)C1CC1. The van der Waals surface area contributed by atoms with Gasteiger partial charge < -0.3 is 4.74 Å². The van der Waals surface area contributed by atoms with Gasteiger partial charge in [0.05, 0.1) is 7.11 Å². The lowest BCUT2D eigenvalue weighted by atomic mass is 10.2. The summed E-state index contributed by atoms with van der Waals surface area (Å²) in [5.74, 6) is 0.434. The average Bonchev–Trinajstić information content (AvgIpc) is 2.68. The highest BCUT2D eigenvalue weighted by atomic mass is 16.5. The van der Waals surface area contributed by atoms with E-state index in [1.165, 1.54) is 20.0 Å². The van der Waals surface area contributed by atoms with Crippen molar-refractivity contribution >= 4 is 5.97 Å². The van der Waals surface area contributed by atoms with E-state index in [4.69, 9.17) is 0 Å². The zero-order valence-electron chi connectivity index (χ0n) is 6.39. The van der Waals surface area contributed by atoms with E-state index in [-0.39, 0.29) is 5.97 Å². The molecule has 0 aromatic carbocycles. The van der Waals surface area contributed by atoms with Crippen molar-refractivity contribution in [3.8, 4) is 0 Å². The highest BCUT2D eigenvalue weighted by Gasteiger charge is 2.23. The number of hydrogen-bond donors (Lipinski definition) is 0. The lowest BCUT2D eigenvalue weighted by Crippen LogP contribution is -1.96. The van der Waals surface area contributed by atoms with Gasteiger partial charge in [-0.3, -0.25) is 0 Å². The number of ether oxygens (including phenoxy) is 1. The van der Waals surface area contributed by atoms with Gasteiger partial charge in [0.2, 0.25) is 0 Å². The molecule has 0 spiro atoms. The Hall–Kier alpha value is -0.790. The first kappa shape index (κ1) is 7.32. The van der Waals surface area contributed by atoms with Gasteiger partial charge in [0.15, 0.2) is 0 Å². The minimum Gasteiger partial charge on any atom is -0.466 e. The number of carbonyl (C=O) groups is 1. The second-order valence-corrected chi connectivity index (χ2v) is 2.69. The highest BCUT2D eigenvalue weighted by Crippen LogP contribution is 2.35. The van der Waals surface area contributed by atoms with E-state index in [1.807, 2.05) is 6.92 Å². The molecule has 1 rings (SSSR count). The maximum absolute atomic E-state index is 10.7. The highest BCUT2D eigenvalue weighted by molar-refractivity contribution is 5.82. The van der Waals surface area contributed by atoms with Crippen molar-refractivity contribution in [1.82, 2.24) is 0 Å². The fourth-order valence-corrected chi connectivity index (χ4v) is 0.901. The summed E-state index contributed by atoms with van der Waals surface area (Å²) in [4.78, 5) is 10.7. The third-order valence-electron chi connectivity index (χ3n) is 1.77. The monoisotopic (exact) mass is 140 g/mol. The molecule has 0 aromatic rings. The summed E-state index contributed by atoms with van der Waals surface area (Å²) in [6.45, 7) is 1.98. The summed E-state index contributed by atoms with van der Waals surface area (Å²) in [6, 6.07) is 0. The largest absolute Gasteiger partial charge is 0.466 e. The Balaban J connectivity index is 2.43. The van der Waals surface area contributed by atoms with Crippen molar-refractivity contribution in [2.75, 3.05) is 7.11 Å². The van der Waals surface area contributed by atoms with Gasteiger partial charge in [0, 0.05) is 6.08 Å². The molecule has 0 aromatic heterocycles. The molecule has 56 valence electrons. The summed E-state index contributed by atoms with van der Waals surface area (Å²) in [5, 5.41) is 0. The van der Waals surface area contributed by atoms with Crippen LogP contribution in [0.3, 0.4) is 0 Å². The third kappa shape index (κ3) is 1.87. The average molecular weight is 140 g/mol. The van der Waals surface area contributed by atoms with Gasteiger partial charge in [-0.25, -0.2) is 4.79 Å². The molecule has 0 saturated heterocycles. The van der Waals surface area contributed by atoms with Crippen LogP contribution in [0.15, 0.2) is 11.6 Å². The van der Waals surface area contributed by atoms with E-state index in [0.717, 1.165) is 5.57 Å². The fourth-order valence-electron chi connectivity index (χ4n) is 0.901. The summed E-state index contributed by atoms with van der Waals surface area (Å²) in [7, 11) is 1.40. The topological polar surface area (TPSA) is 26.3 Å². The minimum absolute atomic E-state index is 0.232. The predicted molar refractivity (Wildman–Crippen MR) is 38.5 cm³/mol. The van der Waals surface area contributed by atoms with Gasteiger partial charge in [-0.15, -0.1) is 0 Å². The molecule has 1 fully saturated rings. The maximum Gasteiger partial charge on any atom is 0.330 e. The Bertz CT molecular complexity index is 166. The molecule has 0 bridgehead atoms. The van der Waals surface area contributed by atoms with Crippen LogP contribution in [-0.4, -0.2) is 13.1 Å². The molecule has 0 heterocycles. The zero-order chi connectivity index (χ0) is 7.56. The minimum atomic E-state index is -0.232. The molecule has 2 heteroatoms. The lowest BCUT2D eigenvalue weighted by molar-refractivity contribution is -0.134. The molecule has 0 radical (unpaired) electrons. The van der Waals surface area contributed by atoms with Crippen molar-refractivity contribution < 1.29 is 9.53 Å². The molecular weight excluding hydrogens is 128 g/mol. The normalized spacial score (nSPS) is 18.8. The fraction of sp³-hybridized carbons (Fsp3) is 0.625. The van der Waals surface area contributed by atoms with Gasteiger partial charge in [-0.05, 0) is 25.7 Å². The second-order valence-electron chi connectivity index (χ2n) is 2.69. The van der Waals surface area contributed by atoms with E-state index < -0.39 is 0 Å². The zero-order valence-corrected chi connectivity index (χ0v) is 6.39. The number of rotatable bonds is 2. The van der Waals surface area contributed by atoms with Gasteiger partial charge >= 0.3 is 5.97 Å². The molecule has 0 atom stereocenters. The summed E-state index contributed by atoms with van der Waals surface area (Å²) >= 11 is 0. The van der Waals surface area contributed by atoms with Crippen LogP contribution in [0, 0.1) is 5.92 Å². The molecule has 1 saturated carbocycles. The van der Waals surface area contributed by atoms with E-state index in [1.54, 1.807) is 6.08 Å². The van der Waals surface area contributed by atoms with E-state index >= 15 is 0 Å². The molecule has 0 aliphatic heterocycles. The lowest BCUT2D eigenvalue weighted by Gasteiger charge is -1.94. The number of esters is 1. The Morgan fingerprint density at radius 1 is 1.60 bits per heavy atom. The first-order valence-corrected chi connectivity index (χ1v) is 3.50. The molecule has 10 heavy (non-hydrogen) atoms. The van der Waals surface area contributed by atoms with Crippen LogP contribution in [-0.2, 0) is 9.53 Å². The number of methoxy groups -OCH3 is 1. The number of carbonyl (C=O) groups excluding carboxylic acids is 1. The molecule has 0 unspecified atom stereocenters. The Morgan fingerprint density at radius 2 is 2.20 bits per heavy atom. The summed E-state index contributed by atoms with van der Waals surface area (Å²) in [6.07, 6.45) is 4.05. The third-order valence-corrected chi connectivity index (χ3v) is 1.77. The Morgan fingerprint density at radius 3 is 2.60 bits per heavy atom. The number of allylic oxidation sites excluding steroid dienone is 1. The van der Waals surface area contributed by atoms with Gasteiger partial charge in [-0.1, -0.05) is 5.57 Å². The van der Waals surface area contributed by atoms with E-state index in [2.05, 4.69) is 4.74 Å². The van der Waals surface area contributed by atoms with Gasteiger partial charge in [0.1, 0.15) is 0 Å². The van der Waals surface area contributed by atoms with Crippen LogP contribution in [0.2, 0.25) is 0 Å². The smallest absolute Gasteiger partial charge is 0.330 e. The van der Waals surface area contributed by atoms with Crippen LogP contribution < -0.4 is 0 Å². The quantitative estimate of drug-likeness (QED) is 0.429. The molecule has 0 amide bonds. The standard InChI is InChI=1S/C8H12O2/c1-6(7-3-4-7)5-8(9)10-2/h5,7H,3-4H2,1-2H3/b6-5+. The molecule has 1 aliphatic rings. The van der Waals surface area contributed by atoms with Crippen LogP contribution in [0.25, 0.3) is 0 Å². The maximum atomic E-state index is 10.7. The van der Waals surface area contributed by atoms with E-state index in [0.29, 0.717) is 5.92 Å². The van der Waals surface area contributed by atoms with Crippen molar-refractivity contribution in [2.24, 2.45) is 5.92 Å². The second kappa shape index (κ2) is 2.86. The van der Waals surface area contributed by atoms with Crippen LogP contribution in [0.5, 0.6) is 0 Å². The van der Waals surface area contributed by atoms with Crippen LogP contribution >= 0.6 is 0 Å². The predicted octanol–water partition coefficient (Wildman–Crippen LogP) is 1.52. The molecular formula is C8H12O2. The first-order valence-electron chi connectivity index (χ1n) is 3.50. The van der Waals surface area contributed by atoms with Crippen molar-refractivity contribution in [3.05, 3.63) is 11.6 Å². The molecule has 2 nitrogen and oxygen atoms in total. The summed E-state index contributed by atoms with van der Waals surface area (Å²) in [5.41, 5.74) is 1.16. The van der Waals surface area contributed by atoms with Crippen LogP contribution in [0.4, 0.5) is 0 Å². The number of hydrogen-bond acceptors (Lipinski definition) is 2. The van der Waals surface area contributed by atoms with Crippen LogP contribution in [0.1, 0.15) is 19.8 Å². The van der Waals surface area contributed by atoms with Crippen molar-refractivity contribution in [3.63, 3.8) is 0 Å². The van der Waals surface area contributed by atoms with E-state index in [9.17, 15) is 4.79 Å². The van der Waals surface area contributed by atoms with Gasteiger partial charge in [0.25, 0.3) is 0 Å². The van der Waals surface area contributed by atoms with Crippen molar-refractivity contribution in [2.45, 2.75) is 19.8 Å². The first-order chi connectivity index (χ1) is 4.74.